The molecular formula is C13H12F5NO4. The summed E-state index contributed by atoms with van der Waals surface area (Å²) in [5, 5.41) is 9.04. The first-order valence-corrected chi connectivity index (χ1v) is 6.26. The number of halogens is 5. The molecule has 1 aromatic heterocycles. The fourth-order valence-electron chi connectivity index (χ4n) is 1.93. The average Bonchev–Trinajstić information content (AvgIpc) is 2.34. The molecular weight excluding hydrogens is 329 g/mol. The molecule has 0 spiro atoms. The summed E-state index contributed by atoms with van der Waals surface area (Å²) in [4.78, 5) is 25.7. The molecule has 1 N–H and O–H groups in total. The van der Waals surface area contributed by atoms with E-state index in [2.05, 4.69) is 9.72 Å². The fourth-order valence-corrected chi connectivity index (χ4v) is 1.93. The maximum Gasteiger partial charge on any atom is 0.434 e. The number of carbonyl (C=O) groups excluding carboxylic acids is 1. The zero-order valence-corrected chi connectivity index (χ0v) is 11.9. The standard InChI is InChI=1S/C13H12F5NO4/c1-5(2)3-6-7(10(20)21)4-19-9(13(16,17)18)8(6)11(22)23-12(14)15/h4-5,12H,3H2,1-2H3,(H,20,21). The first kappa shape index (κ1) is 18.8. The van der Waals surface area contributed by atoms with Crippen molar-refractivity contribution in [1.29, 1.82) is 0 Å². The SMILES string of the molecule is CC(C)Cc1c(C(=O)O)cnc(C(F)(F)F)c1C(=O)OC(F)F. The van der Waals surface area contributed by atoms with Crippen molar-refractivity contribution >= 4 is 11.9 Å². The zero-order chi connectivity index (χ0) is 17.9. The van der Waals surface area contributed by atoms with Crippen molar-refractivity contribution < 1.29 is 41.4 Å². The molecule has 1 rings (SSSR count). The Morgan fingerprint density at radius 2 is 1.87 bits per heavy atom. The van der Waals surface area contributed by atoms with E-state index in [1.54, 1.807) is 13.8 Å². The number of hydrogen-bond acceptors (Lipinski definition) is 4. The van der Waals surface area contributed by atoms with E-state index in [0.717, 1.165) is 0 Å². The van der Waals surface area contributed by atoms with Gasteiger partial charge < -0.3 is 9.84 Å². The Labute approximate surface area is 127 Å². The first-order chi connectivity index (χ1) is 10.4. The summed E-state index contributed by atoms with van der Waals surface area (Å²) in [5.74, 6) is -3.96. The molecule has 0 atom stereocenters. The van der Waals surface area contributed by atoms with E-state index in [4.69, 9.17) is 5.11 Å². The highest BCUT2D eigenvalue weighted by Crippen LogP contribution is 2.34. The van der Waals surface area contributed by atoms with Crippen LogP contribution in [0.3, 0.4) is 0 Å². The summed E-state index contributed by atoms with van der Waals surface area (Å²) in [5.41, 5.74) is -4.27. The summed E-state index contributed by atoms with van der Waals surface area (Å²) in [6.07, 6.45) is -4.96. The lowest BCUT2D eigenvalue weighted by atomic mass is 9.93. The molecule has 0 saturated carbocycles. The molecule has 0 aliphatic rings. The number of esters is 1. The Balaban J connectivity index is 3.69. The predicted octanol–water partition coefficient (Wildman–Crippen LogP) is 3.38. The van der Waals surface area contributed by atoms with Gasteiger partial charge in [0.25, 0.3) is 0 Å². The number of carboxylic acids is 1. The molecule has 128 valence electrons. The fraction of sp³-hybridized carbons (Fsp3) is 0.462. The van der Waals surface area contributed by atoms with Crippen LogP contribution in [0.25, 0.3) is 0 Å². The third-order valence-electron chi connectivity index (χ3n) is 2.70. The number of hydrogen-bond donors (Lipinski definition) is 1. The van der Waals surface area contributed by atoms with Crippen LogP contribution in [0.1, 0.15) is 45.8 Å². The molecule has 0 aromatic carbocycles. The number of aromatic carboxylic acids is 1. The third kappa shape index (κ3) is 4.60. The second-order valence-corrected chi connectivity index (χ2v) is 4.94. The van der Waals surface area contributed by atoms with Crippen molar-refractivity contribution in [2.45, 2.75) is 33.1 Å². The van der Waals surface area contributed by atoms with Crippen molar-refractivity contribution in [2.75, 3.05) is 0 Å². The first-order valence-electron chi connectivity index (χ1n) is 6.26. The van der Waals surface area contributed by atoms with Crippen molar-refractivity contribution in [1.82, 2.24) is 4.98 Å². The van der Waals surface area contributed by atoms with Crippen LogP contribution in [0, 0.1) is 5.92 Å². The quantitative estimate of drug-likeness (QED) is 0.656. The summed E-state index contributed by atoms with van der Waals surface area (Å²) < 4.78 is 66.9. The van der Waals surface area contributed by atoms with E-state index in [-0.39, 0.29) is 12.3 Å². The van der Waals surface area contributed by atoms with Gasteiger partial charge in [0.15, 0.2) is 5.69 Å². The number of nitrogens with zero attached hydrogens (tertiary/aromatic N) is 1. The highest BCUT2D eigenvalue weighted by molar-refractivity contribution is 5.98. The lowest BCUT2D eigenvalue weighted by Gasteiger charge is -2.18. The Hall–Kier alpha value is -2.26. The van der Waals surface area contributed by atoms with Crippen molar-refractivity contribution in [3.63, 3.8) is 0 Å². The number of alkyl halides is 5. The molecule has 0 unspecified atom stereocenters. The van der Waals surface area contributed by atoms with Gasteiger partial charge in [-0.1, -0.05) is 13.8 Å². The summed E-state index contributed by atoms with van der Waals surface area (Å²) >= 11 is 0. The number of ether oxygens (including phenoxy) is 1. The van der Waals surface area contributed by atoms with Crippen molar-refractivity contribution in [2.24, 2.45) is 5.92 Å². The van der Waals surface area contributed by atoms with Gasteiger partial charge in [-0.2, -0.15) is 22.0 Å². The molecule has 0 saturated heterocycles. The van der Waals surface area contributed by atoms with Gasteiger partial charge in [0.2, 0.25) is 0 Å². The van der Waals surface area contributed by atoms with Gasteiger partial charge in [-0.25, -0.2) is 9.59 Å². The van der Waals surface area contributed by atoms with Crippen LogP contribution in [0.15, 0.2) is 6.20 Å². The van der Waals surface area contributed by atoms with Gasteiger partial charge in [0.05, 0.1) is 11.1 Å². The molecule has 5 nitrogen and oxygen atoms in total. The Bertz CT molecular complexity index is 613. The van der Waals surface area contributed by atoms with Crippen LogP contribution in [0.5, 0.6) is 0 Å². The second-order valence-electron chi connectivity index (χ2n) is 4.94. The van der Waals surface area contributed by atoms with Crippen molar-refractivity contribution in [3.8, 4) is 0 Å². The Morgan fingerprint density at radius 1 is 1.30 bits per heavy atom. The van der Waals surface area contributed by atoms with E-state index in [1.165, 1.54) is 0 Å². The number of aromatic nitrogens is 1. The highest BCUT2D eigenvalue weighted by atomic mass is 19.4. The molecule has 0 aliphatic heterocycles. The molecule has 0 amide bonds. The average molecular weight is 341 g/mol. The van der Waals surface area contributed by atoms with Crippen LogP contribution < -0.4 is 0 Å². The van der Waals surface area contributed by atoms with Gasteiger partial charge >= 0.3 is 24.7 Å². The molecule has 0 fully saturated rings. The molecule has 0 radical (unpaired) electrons. The minimum absolute atomic E-state index is 0.263. The topological polar surface area (TPSA) is 76.5 Å². The van der Waals surface area contributed by atoms with Gasteiger partial charge in [0.1, 0.15) is 0 Å². The molecule has 23 heavy (non-hydrogen) atoms. The van der Waals surface area contributed by atoms with Gasteiger partial charge in [-0.05, 0) is 17.9 Å². The van der Waals surface area contributed by atoms with Crippen LogP contribution in [0.2, 0.25) is 0 Å². The highest BCUT2D eigenvalue weighted by Gasteiger charge is 2.41. The lowest BCUT2D eigenvalue weighted by molar-refractivity contribution is -0.142. The largest absolute Gasteiger partial charge is 0.478 e. The number of carbonyl (C=O) groups is 2. The number of rotatable bonds is 5. The van der Waals surface area contributed by atoms with E-state index in [9.17, 15) is 31.5 Å². The lowest BCUT2D eigenvalue weighted by Crippen LogP contribution is -2.24. The van der Waals surface area contributed by atoms with Crippen LogP contribution >= 0.6 is 0 Å². The monoisotopic (exact) mass is 341 g/mol. The zero-order valence-electron chi connectivity index (χ0n) is 11.9. The maximum atomic E-state index is 13.0. The van der Waals surface area contributed by atoms with E-state index in [0.29, 0.717) is 6.20 Å². The Kier molecular flexibility index (Phi) is 5.62. The number of pyridine rings is 1. The van der Waals surface area contributed by atoms with Gasteiger partial charge in [-0.3, -0.25) is 4.98 Å². The third-order valence-corrected chi connectivity index (χ3v) is 2.70. The normalized spacial score (nSPS) is 11.9. The minimum atomic E-state index is -5.14. The van der Waals surface area contributed by atoms with E-state index >= 15 is 0 Å². The van der Waals surface area contributed by atoms with Gasteiger partial charge in [-0.15, -0.1) is 0 Å². The predicted molar refractivity (Wildman–Crippen MR) is 66.2 cm³/mol. The number of carboxylic acid groups (broad SMARTS) is 1. The summed E-state index contributed by atoms with van der Waals surface area (Å²) in [6, 6.07) is 0. The van der Waals surface area contributed by atoms with Crippen molar-refractivity contribution in [3.05, 3.63) is 28.6 Å². The van der Waals surface area contributed by atoms with Crippen LogP contribution in [-0.2, 0) is 17.3 Å². The molecule has 10 heteroatoms. The van der Waals surface area contributed by atoms with Gasteiger partial charge in [0, 0.05) is 6.20 Å². The van der Waals surface area contributed by atoms with Crippen LogP contribution in [-0.4, -0.2) is 28.6 Å². The minimum Gasteiger partial charge on any atom is -0.478 e. The smallest absolute Gasteiger partial charge is 0.434 e. The Morgan fingerprint density at radius 3 is 2.26 bits per heavy atom. The molecule has 1 aromatic rings. The summed E-state index contributed by atoms with van der Waals surface area (Å²) in [7, 11) is 0. The molecule has 1 heterocycles. The second kappa shape index (κ2) is 6.88. The van der Waals surface area contributed by atoms with E-state index in [1.807, 2.05) is 0 Å². The maximum absolute atomic E-state index is 13.0. The molecule has 0 bridgehead atoms. The molecule has 0 aliphatic carbocycles. The van der Waals surface area contributed by atoms with E-state index < -0.39 is 47.1 Å². The summed E-state index contributed by atoms with van der Waals surface area (Å²) in [6.45, 7) is -0.535. The van der Waals surface area contributed by atoms with Crippen LogP contribution in [0.4, 0.5) is 22.0 Å².